The first kappa shape index (κ1) is 17.2. The molecule has 0 aliphatic carbocycles. The van der Waals surface area contributed by atoms with Gasteiger partial charge in [-0.25, -0.2) is 4.79 Å². The summed E-state index contributed by atoms with van der Waals surface area (Å²) in [6.45, 7) is 3.95. The lowest BCUT2D eigenvalue weighted by molar-refractivity contribution is -0.385. The maximum Gasteiger partial charge on any atom is 0.336 e. The number of carboxylic acids is 1. The van der Waals surface area contributed by atoms with Gasteiger partial charge in [0, 0.05) is 11.6 Å². The monoisotopic (exact) mass is 327 g/mol. The Morgan fingerprint density at radius 1 is 1.29 bits per heavy atom. The van der Waals surface area contributed by atoms with Crippen molar-refractivity contribution in [2.75, 3.05) is 6.61 Å². The Balaban J connectivity index is 2.50. The van der Waals surface area contributed by atoms with Gasteiger partial charge in [0.05, 0.1) is 17.1 Å². The van der Waals surface area contributed by atoms with E-state index in [1.165, 1.54) is 12.1 Å². The van der Waals surface area contributed by atoms with Crippen molar-refractivity contribution in [3.05, 3.63) is 69.3 Å². The summed E-state index contributed by atoms with van der Waals surface area (Å²) in [5.41, 5.74) is 1.43. The third-order valence-corrected chi connectivity index (χ3v) is 3.43. The fourth-order valence-electron chi connectivity index (χ4n) is 2.27. The Bertz CT molecular complexity index is 811. The summed E-state index contributed by atoms with van der Waals surface area (Å²) in [5.74, 6) is -0.552. The normalized spacial score (nSPS) is 11.2. The molecule has 2 rings (SSSR count). The van der Waals surface area contributed by atoms with E-state index in [0.29, 0.717) is 29.0 Å². The van der Waals surface area contributed by atoms with Gasteiger partial charge in [-0.2, -0.15) is 0 Å². The van der Waals surface area contributed by atoms with Gasteiger partial charge >= 0.3 is 5.97 Å². The standard InChI is InChI=1S/C18H17NO5/c1-3-24-15-6-4-5-14(11-15)16(18(20)21)9-13-8-7-12(2)17(10-13)19(22)23/h4-11H,3H2,1-2H3,(H,20,21)/b16-9-. The third kappa shape index (κ3) is 3.98. The molecule has 0 unspecified atom stereocenters. The second-order valence-electron chi connectivity index (χ2n) is 5.13. The molecule has 0 saturated heterocycles. The maximum absolute atomic E-state index is 11.6. The molecule has 0 aliphatic heterocycles. The zero-order chi connectivity index (χ0) is 17.7. The number of aryl methyl sites for hydroxylation is 1. The average Bonchev–Trinajstić information content (AvgIpc) is 2.54. The molecular weight excluding hydrogens is 310 g/mol. The molecular formula is C18H17NO5. The van der Waals surface area contributed by atoms with Gasteiger partial charge in [0.1, 0.15) is 5.75 Å². The van der Waals surface area contributed by atoms with Crippen LogP contribution in [0.2, 0.25) is 0 Å². The van der Waals surface area contributed by atoms with Crippen LogP contribution in [0.15, 0.2) is 42.5 Å². The van der Waals surface area contributed by atoms with E-state index in [2.05, 4.69) is 0 Å². The molecule has 0 radical (unpaired) electrons. The van der Waals surface area contributed by atoms with Crippen LogP contribution in [-0.2, 0) is 4.79 Å². The van der Waals surface area contributed by atoms with Crippen LogP contribution in [-0.4, -0.2) is 22.6 Å². The van der Waals surface area contributed by atoms with Crippen molar-refractivity contribution in [1.29, 1.82) is 0 Å². The summed E-state index contributed by atoms with van der Waals surface area (Å²) in [6.07, 6.45) is 1.42. The van der Waals surface area contributed by atoms with Crippen LogP contribution in [0.4, 0.5) is 5.69 Å². The van der Waals surface area contributed by atoms with Gasteiger partial charge in [0.15, 0.2) is 0 Å². The summed E-state index contributed by atoms with van der Waals surface area (Å²) in [4.78, 5) is 22.2. The number of hydrogen-bond acceptors (Lipinski definition) is 4. The molecule has 0 saturated carbocycles. The Morgan fingerprint density at radius 2 is 2.04 bits per heavy atom. The van der Waals surface area contributed by atoms with E-state index in [9.17, 15) is 20.0 Å². The molecule has 0 aromatic heterocycles. The molecule has 1 N–H and O–H groups in total. The predicted molar refractivity (Wildman–Crippen MR) is 91.0 cm³/mol. The summed E-state index contributed by atoms with van der Waals surface area (Å²) < 4.78 is 5.38. The van der Waals surface area contributed by atoms with Gasteiger partial charge < -0.3 is 9.84 Å². The predicted octanol–water partition coefficient (Wildman–Crippen LogP) is 3.93. The highest BCUT2D eigenvalue weighted by Crippen LogP contribution is 2.25. The lowest BCUT2D eigenvalue weighted by Crippen LogP contribution is -2.01. The maximum atomic E-state index is 11.6. The van der Waals surface area contributed by atoms with Crippen molar-refractivity contribution in [1.82, 2.24) is 0 Å². The highest BCUT2D eigenvalue weighted by Gasteiger charge is 2.14. The molecule has 0 amide bonds. The van der Waals surface area contributed by atoms with Gasteiger partial charge in [0.2, 0.25) is 0 Å². The van der Waals surface area contributed by atoms with Crippen LogP contribution in [0.5, 0.6) is 5.75 Å². The van der Waals surface area contributed by atoms with Crippen molar-refractivity contribution in [3.8, 4) is 5.75 Å². The first-order valence-electron chi connectivity index (χ1n) is 7.35. The minimum atomic E-state index is -1.12. The van der Waals surface area contributed by atoms with Gasteiger partial charge in [0.25, 0.3) is 5.69 Å². The van der Waals surface area contributed by atoms with E-state index in [-0.39, 0.29) is 11.3 Å². The molecule has 6 nitrogen and oxygen atoms in total. The molecule has 0 bridgehead atoms. The minimum absolute atomic E-state index is 0.0368. The molecule has 0 spiro atoms. The largest absolute Gasteiger partial charge is 0.494 e. The second kappa shape index (κ2) is 7.41. The van der Waals surface area contributed by atoms with E-state index in [0.717, 1.165) is 0 Å². The summed E-state index contributed by atoms with van der Waals surface area (Å²) in [6, 6.07) is 11.3. The minimum Gasteiger partial charge on any atom is -0.494 e. The number of benzene rings is 2. The first-order valence-corrected chi connectivity index (χ1v) is 7.35. The number of carboxylic acid groups (broad SMARTS) is 1. The Kier molecular flexibility index (Phi) is 5.31. The number of hydrogen-bond donors (Lipinski definition) is 1. The lowest BCUT2D eigenvalue weighted by atomic mass is 10.0. The number of carbonyl (C=O) groups is 1. The van der Waals surface area contributed by atoms with E-state index in [4.69, 9.17) is 4.74 Å². The molecule has 0 atom stereocenters. The molecule has 0 fully saturated rings. The van der Waals surface area contributed by atoms with Crippen LogP contribution in [0.1, 0.15) is 23.6 Å². The van der Waals surface area contributed by atoms with Gasteiger partial charge in [-0.1, -0.05) is 24.3 Å². The molecule has 2 aromatic rings. The van der Waals surface area contributed by atoms with E-state index in [1.807, 2.05) is 6.92 Å². The number of nitro benzene ring substituents is 1. The zero-order valence-electron chi connectivity index (χ0n) is 13.4. The highest BCUT2D eigenvalue weighted by molar-refractivity contribution is 6.20. The molecule has 0 heterocycles. The summed E-state index contributed by atoms with van der Waals surface area (Å²) in [7, 11) is 0. The smallest absolute Gasteiger partial charge is 0.336 e. The van der Waals surface area contributed by atoms with Crippen LogP contribution in [0.25, 0.3) is 11.6 Å². The quantitative estimate of drug-likeness (QED) is 0.376. The zero-order valence-corrected chi connectivity index (χ0v) is 13.4. The lowest BCUT2D eigenvalue weighted by Gasteiger charge is -2.07. The number of nitrogens with zero attached hydrogens (tertiary/aromatic N) is 1. The van der Waals surface area contributed by atoms with Crippen molar-refractivity contribution in [3.63, 3.8) is 0 Å². The molecule has 6 heteroatoms. The fourth-order valence-corrected chi connectivity index (χ4v) is 2.27. The van der Waals surface area contributed by atoms with E-state index < -0.39 is 10.9 Å². The molecule has 0 aliphatic rings. The van der Waals surface area contributed by atoms with E-state index in [1.54, 1.807) is 43.3 Å². The van der Waals surface area contributed by atoms with Crippen LogP contribution in [0, 0.1) is 17.0 Å². The average molecular weight is 327 g/mol. The highest BCUT2D eigenvalue weighted by atomic mass is 16.6. The summed E-state index contributed by atoms with van der Waals surface area (Å²) >= 11 is 0. The summed E-state index contributed by atoms with van der Waals surface area (Å²) in [5, 5.41) is 20.5. The van der Waals surface area contributed by atoms with Gasteiger partial charge in [-0.15, -0.1) is 0 Å². The first-order chi connectivity index (χ1) is 11.4. The number of aliphatic carboxylic acids is 1. The van der Waals surface area contributed by atoms with Crippen molar-refractivity contribution >= 4 is 23.3 Å². The van der Waals surface area contributed by atoms with Crippen molar-refractivity contribution < 1.29 is 19.6 Å². The van der Waals surface area contributed by atoms with Gasteiger partial charge in [-0.05, 0) is 43.2 Å². The Labute approximate surface area is 139 Å². The van der Waals surface area contributed by atoms with Crippen molar-refractivity contribution in [2.45, 2.75) is 13.8 Å². The Hall–Kier alpha value is -3.15. The van der Waals surface area contributed by atoms with Crippen LogP contribution in [0.3, 0.4) is 0 Å². The SMILES string of the molecule is CCOc1cccc(/C(=C/c2ccc(C)c([N+](=O)[O-])c2)C(=O)O)c1. The van der Waals surface area contributed by atoms with Gasteiger partial charge in [-0.3, -0.25) is 10.1 Å². The second-order valence-corrected chi connectivity index (χ2v) is 5.13. The molecule has 2 aromatic carbocycles. The van der Waals surface area contributed by atoms with Crippen LogP contribution >= 0.6 is 0 Å². The number of rotatable bonds is 6. The Morgan fingerprint density at radius 3 is 2.67 bits per heavy atom. The number of ether oxygens (including phenoxy) is 1. The van der Waals surface area contributed by atoms with E-state index >= 15 is 0 Å². The molecule has 124 valence electrons. The topological polar surface area (TPSA) is 89.7 Å². The molecule has 24 heavy (non-hydrogen) atoms. The number of nitro groups is 1. The fraction of sp³-hybridized carbons (Fsp3) is 0.167. The third-order valence-electron chi connectivity index (χ3n) is 3.43. The van der Waals surface area contributed by atoms with Crippen molar-refractivity contribution in [2.24, 2.45) is 0 Å². The van der Waals surface area contributed by atoms with Crippen LogP contribution < -0.4 is 4.74 Å².